The summed E-state index contributed by atoms with van der Waals surface area (Å²) in [5.74, 6) is 0.554. The number of hydrogen-bond donors (Lipinski definition) is 1. The summed E-state index contributed by atoms with van der Waals surface area (Å²) in [5.41, 5.74) is -0.0234. The van der Waals surface area contributed by atoms with Crippen LogP contribution in [0.3, 0.4) is 0 Å². The molecule has 1 N–H and O–H groups in total. The monoisotopic (exact) mass is 435 g/mol. The average Bonchev–Trinajstić information content (AvgIpc) is 2.85. The van der Waals surface area contributed by atoms with Crippen LogP contribution in [0.15, 0.2) is 46.2 Å². The van der Waals surface area contributed by atoms with Gasteiger partial charge in [0.05, 0.1) is 11.3 Å². The van der Waals surface area contributed by atoms with Gasteiger partial charge in [-0.2, -0.15) is 0 Å². The Morgan fingerprint density at radius 1 is 0.938 bits per heavy atom. The lowest BCUT2D eigenvalue weighted by atomic mass is 10.1. The molecule has 5 rings (SSSR count). The van der Waals surface area contributed by atoms with E-state index in [0.717, 1.165) is 0 Å². The number of nitrogens with zero attached hydrogens (tertiary/aromatic N) is 6. The first-order valence-electron chi connectivity index (χ1n) is 10.1. The van der Waals surface area contributed by atoms with Crippen LogP contribution in [0.5, 0.6) is 11.5 Å². The fourth-order valence-corrected chi connectivity index (χ4v) is 3.88. The van der Waals surface area contributed by atoms with E-state index in [0.29, 0.717) is 43.4 Å². The third kappa shape index (κ3) is 3.09. The molecule has 0 saturated carbocycles. The number of anilines is 3. The number of rotatable bonds is 2. The number of fused-ring (bicyclic) bond motifs is 2. The Morgan fingerprint density at radius 2 is 1.62 bits per heavy atom. The first-order chi connectivity index (χ1) is 15.5. The molecule has 0 unspecified atom stereocenters. The molecule has 0 atom stereocenters. The number of nitrogens with one attached hydrogen (secondary N) is 1. The van der Waals surface area contributed by atoms with Crippen LogP contribution in [0.4, 0.5) is 17.3 Å². The maximum Gasteiger partial charge on any atom is 0.310 e. The standard InChI is InChI=1S/C21H21N7O4/c1-25-19(30)15-17(20(31)26(25)2)32-16-13(5-3-6-14(16)24-15)18(29)27-9-11-28(12-10-27)21-22-7-4-8-23-21/h3-8,24H,9-12H2,1-2H3. The van der Waals surface area contributed by atoms with E-state index in [1.54, 1.807) is 41.6 Å². The highest BCUT2D eigenvalue weighted by atomic mass is 16.5. The number of carbonyl (C=O) groups is 1. The summed E-state index contributed by atoms with van der Waals surface area (Å²) in [7, 11) is 2.98. The second-order valence-electron chi connectivity index (χ2n) is 7.60. The first-order valence-corrected chi connectivity index (χ1v) is 10.1. The maximum absolute atomic E-state index is 13.3. The molecule has 32 heavy (non-hydrogen) atoms. The zero-order valence-corrected chi connectivity index (χ0v) is 17.6. The summed E-state index contributed by atoms with van der Waals surface area (Å²) in [4.78, 5) is 50.9. The zero-order valence-electron chi connectivity index (χ0n) is 17.6. The molecule has 1 saturated heterocycles. The van der Waals surface area contributed by atoms with Crippen molar-refractivity contribution < 1.29 is 9.53 Å². The minimum absolute atomic E-state index is 0.0594. The van der Waals surface area contributed by atoms with E-state index in [2.05, 4.69) is 15.3 Å². The minimum atomic E-state index is -0.473. The van der Waals surface area contributed by atoms with Crippen molar-refractivity contribution in [2.45, 2.75) is 0 Å². The Bertz CT molecular complexity index is 1320. The highest BCUT2D eigenvalue weighted by molar-refractivity contribution is 6.00. The van der Waals surface area contributed by atoms with Gasteiger partial charge in [-0.1, -0.05) is 6.07 Å². The van der Waals surface area contributed by atoms with Crippen LogP contribution in [0, 0.1) is 0 Å². The van der Waals surface area contributed by atoms with Crippen molar-refractivity contribution in [3.8, 4) is 11.5 Å². The number of benzene rings is 1. The molecule has 11 heteroatoms. The molecule has 4 heterocycles. The van der Waals surface area contributed by atoms with E-state index >= 15 is 0 Å². The van der Waals surface area contributed by atoms with Gasteiger partial charge in [0, 0.05) is 52.7 Å². The molecule has 0 radical (unpaired) electrons. The summed E-state index contributed by atoms with van der Waals surface area (Å²) >= 11 is 0. The number of piperazine rings is 1. The smallest absolute Gasteiger partial charge is 0.310 e. The van der Waals surface area contributed by atoms with Crippen LogP contribution >= 0.6 is 0 Å². The lowest BCUT2D eigenvalue weighted by Crippen LogP contribution is -2.49. The normalized spacial score (nSPS) is 14.8. The van der Waals surface area contributed by atoms with Crippen molar-refractivity contribution >= 4 is 23.2 Å². The maximum atomic E-state index is 13.3. The Morgan fingerprint density at radius 3 is 2.34 bits per heavy atom. The molecule has 0 aliphatic carbocycles. The topological polar surface area (TPSA) is 115 Å². The van der Waals surface area contributed by atoms with E-state index in [4.69, 9.17) is 4.74 Å². The molecular formula is C21H21N7O4. The Hall–Kier alpha value is -4.15. The molecule has 2 aliphatic heterocycles. The first kappa shape index (κ1) is 19.8. The zero-order chi connectivity index (χ0) is 22.4. The van der Waals surface area contributed by atoms with Crippen molar-refractivity contribution in [3.63, 3.8) is 0 Å². The van der Waals surface area contributed by atoms with Gasteiger partial charge in [-0.25, -0.2) is 19.3 Å². The van der Waals surface area contributed by atoms with Gasteiger partial charge in [-0.05, 0) is 18.2 Å². The van der Waals surface area contributed by atoms with Crippen LogP contribution in [-0.2, 0) is 14.1 Å². The predicted molar refractivity (Wildman–Crippen MR) is 117 cm³/mol. The van der Waals surface area contributed by atoms with Gasteiger partial charge in [0.15, 0.2) is 11.4 Å². The van der Waals surface area contributed by atoms with Crippen LogP contribution in [-0.4, -0.2) is 56.3 Å². The molecule has 164 valence electrons. The quantitative estimate of drug-likeness (QED) is 0.489. The highest BCUT2D eigenvalue weighted by Crippen LogP contribution is 2.41. The van der Waals surface area contributed by atoms with E-state index in [-0.39, 0.29) is 23.1 Å². The third-order valence-corrected chi connectivity index (χ3v) is 5.78. The second-order valence-corrected chi connectivity index (χ2v) is 7.60. The van der Waals surface area contributed by atoms with Crippen LogP contribution in [0.25, 0.3) is 0 Å². The highest BCUT2D eigenvalue weighted by Gasteiger charge is 2.31. The number of para-hydroxylation sites is 1. The number of hydrogen-bond acceptors (Lipinski definition) is 8. The minimum Gasteiger partial charge on any atom is -0.446 e. The van der Waals surface area contributed by atoms with Gasteiger partial charge in [0.25, 0.3) is 11.5 Å². The molecule has 11 nitrogen and oxygen atoms in total. The number of carbonyl (C=O) groups excluding carboxylic acids is 1. The molecular weight excluding hydrogens is 414 g/mol. The summed E-state index contributed by atoms with van der Waals surface area (Å²) in [6.07, 6.45) is 3.38. The fraction of sp³-hybridized carbons (Fsp3) is 0.286. The molecule has 1 amide bonds. The van der Waals surface area contributed by atoms with Gasteiger partial charge in [0.1, 0.15) is 0 Å². The number of ether oxygens (including phenoxy) is 1. The molecule has 3 aromatic rings. The summed E-state index contributed by atoms with van der Waals surface area (Å²) < 4.78 is 8.24. The molecule has 2 aromatic heterocycles. The summed E-state index contributed by atoms with van der Waals surface area (Å²) in [6, 6.07) is 6.84. The Kier molecular flexibility index (Phi) is 4.65. The number of amides is 1. The molecule has 1 aromatic carbocycles. The van der Waals surface area contributed by atoms with Crippen molar-refractivity contribution in [1.29, 1.82) is 0 Å². The fourth-order valence-electron chi connectivity index (χ4n) is 3.88. The van der Waals surface area contributed by atoms with E-state index < -0.39 is 11.1 Å². The van der Waals surface area contributed by atoms with Crippen molar-refractivity contribution in [2.24, 2.45) is 14.1 Å². The van der Waals surface area contributed by atoms with Gasteiger partial charge in [-0.15, -0.1) is 0 Å². The molecule has 1 fully saturated rings. The van der Waals surface area contributed by atoms with Crippen molar-refractivity contribution in [3.05, 3.63) is 62.9 Å². The summed E-state index contributed by atoms with van der Waals surface area (Å²) in [6.45, 7) is 2.19. The lowest BCUT2D eigenvalue weighted by Gasteiger charge is -2.35. The third-order valence-electron chi connectivity index (χ3n) is 5.78. The van der Waals surface area contributed by atoms with Crippen molar-refractivity contribution in [1.82, 2.24) is 24.2 Å². The van der Waals surface area contributed by atoms with Crippen LogP contribution in [0.1, 0.15) is 10.4 Å². The summed E-state index contributed by atoms with van der Waals surface area (Å²) in [5, 5.41) is 2.98. The van der Waals surface area contributed by atoms with Gasteiger partial charge in [0.2, 0.25) is 11.7 Å². The van der Waals surface area contributed by atoms with Gasteiger partial charge < -0.3 is 19.9 Å². The number of aromatic nitrogens is 4. The van der Waals surface area contributed by atoms with Gasteiger partial charge >= 0.3 is 5.56 Å². The van der Waals surface area contributed by atoms with Gasteiger partial charge in [-0.3, -0.25) is 14.4 Å². The van der Waals surface area contributed by atoms with Crippen LogP contribution < -0.4 is 26.1 Å². The Labute approximate surface area is 182 Å². The molecule has 2 aliphatic rings. The Balaban J connectivity index is 1.42. The van der Waals surface area contributed by atoms with E-state index in [9.17, 15) is 14.4 Å². The van der Waals surface area contributed by atoms with Crippen molar-refractivity contribution in [2.75, 3.05) is 36.4 Å². The molecule has 0 spiro atoms. The predicted octanol–water partition coefficient (Wildman–Crippen LogP) is 0.686. The van der Waals surface area contributed by atoms with E-state index in [1.165, 1.54) is 23.5 Å². The molecule has 0 bridgehead atoms. The SMILES string of the molecule is Cn1c(=O)c2c(c(=O)n1C)Oc1c(cccc1C(=O)N1CCN(c3ncccn3)CC1)N2. The van der Waals surface area contributed by atoms with E-state index in [1.807, 2.05) is 4.90 Å². The lowest BCUT2D eigenvalue weighted by molar-refractivity contribution is 0.0743. The second kappa shape index (κ2) is 7.52. The largest absolute Gasteiger partial charge is 0.446 e. The average molecular weight is 435 g/mol. The van der Waals surface area contributed by atoms with Crippen LogP contribution in [0.2, 0.25) is 0 Å².